The molecule has 90 valence electrons. The Morgan fingerprint density at radius 2 is 2.00 bits per heavy atom. The minimum atomic E-state index is 0.576. The van der Waals surface area contributed by atoms with Gasteiger partial charge in [-0.2, -0.15) is 0 Å². The van der Waals surface area contributed by atoms with Crippen molar-refractivity contribution in [2.45, 2.75) is 13.3 Å². The fourth-order valence-electron chi connectivity index (χ4n) is 1.94. The van der Waals surface area contributed by atoms with E-state index in [1.807, 2.05) is 24.3 Å². The molecule has 0 unspecified atom stereocenters. The zero-order valence-corrected chi connectivity index (χ0v) is 10.1. The van der Waals surface area contributed by atoms with E-state index in [0.29, 0.717) is 17.2 Å². The summed E-state index contributed by atoms with van der Waals surface area (Å²) in [4.78, 5) is 8.45. The molecular weight excluding hydrogens is 226 g/mol. The molecule has 1 aromatic carbocycles. The first-order chi connectivity index (χ1) is 8.78. The second-order valence-corrected chi connectivity index (χ2v) is 4.14. The molecule has 4 nitrogen and oxygen atoms in total. The van der Waals surface area contributed by atoms with Crippen LogP contribution < -0.4 is 5.73 Å². The number of nitrogens with zero attached hydrogens (tertiary/aromatic N) is 2. The molecule has 0 bridgehead atoms. The minimum Gasteiger partial charge on any atom is -0.434 e. The zero-order chi connectivity index (χ0) is 12.5. The summed E-state index contributed by atoms with van der Waals surface area (Å²) in [6.07, 6.45) is 4.35. The largest absolute Gasteiger partial charge is 0.434 e. The normalized spacial score (nSPS) is 10.9. The highest BCUT2D eigenvalue weighted by Crippen LogP contribution is 2.28. The molecule has 0 saturated heterocycles. The monoisotopic (exact) mass is 239 g/mol. The van der Waals surface area contributed by atoms with Crippen LogP contribution in [0.1, 0.15) is 12.5 Å². The summed E-state index contributed by atoms with van der Waals surface area (Å²) < 4.78 is 5.72. The molecule has 0 aliphatic heterocycles. The molecule has 0 atom stereocenters. The third-order valence-corrected chi connectivity index (χ3v) is 2.91. The maximum atomic E-state index is 5.98. The lowest BCUT2D eigenvalue weighted by Crippen LogP contribution is -1.88. The maximum absolute atomic E-state index is 5.98. The molecule has 0 radical (unpaired) electrons. The fraction of sp³-hybridized carbons (Fsp3) is 0.143. The van der Waals surface area contributed by atoms with Crippen molar-refractivity contribution in [2.24, 2.45) is 0 Å². The lowest BCUT2D eigenvalue weighted by molar-refractivity contribution is 0.621. The number of oxazole rings is 1. The van der Waals surface area contributed by atoms with E-state index < -0.39 is 0 Å². The van der Waals surface area contributed by atoms with Gasteiger partial charge >= 0.3 is 0 Å². The van der Waals surface area contributed by atoms with Crippen LogP contribution in [-0.4, -0.2) is 9.97 Å². The van der Waals surface area contributed by atoms with E-state index in [-0.39, 0.29) is 0 Å². The molecule has 2 aromatic heterocycles. The van der Waals surface area contributed by atoms with Gasteiger partial charge in [0.05, 0.1) is 5.69 Å². The van der Waals surface area contributed by atoms with E-state index in [2.05, 4.69) is 16.9 Å². The van der Waals surface area contributed by atoms with Crippen molar-refractivity contribution in [2.75, 3.05) is 5.73 Å². The van der Waals surface area contributed by atoms with Gasteiger partial charge in [0.25, 0.3) is 0 Å². The van der Waals surface area contributed by atoms with E-state index in [0.717, 1.165) is 23.1 Å². The summed E-state index contributed by atoms with van der Waals surface area (Å²) >= 11 is 0. The van der Waals surface area contributed by atoms with Crippen LogP contribution in [0.2, 0.25) is 0 Å². The van der Waals surface area contributed by atoms with Gasteiger partial charge in [-0.05, 0) is 36.2 Å². The number of anilines is 1. The van der Waals surface area contributed by atoms with Gasteiger partial charge in [0.15, 0.2) is 5.58 Å². The lowest BCUT2D eigenvalue weighted by Gasteiger charge is -1.98. The van der Waals surface area contributed by atoms with Crippen LogP contribution in [0.3, 0.4) is 0 Å². The van der Waals surface area contributed by atoms with Gasteiger partial charge in [-0.15, -0.1) is 0 Å². The quantitative estimate of drug-likeness (QED) is 0.698. The number of fused-ring (bicyclic) bond motifs is 1. The summed E-state index contributed by atoms with van der Waals surface area (Å²) in [6, 6.07) is 7.67. The second-order valence-electron chi connectivity index (χ2n) is 4.14. The number of aromatic nitrogens is 2. The molecule has 0 spiro atoms. The molecular formula is C14H13N3O. The molecule has 3 aromatic rings. The topological polar surface area (TPSA) is 64.9 Å². The molecule has 18 heavy (non-hydrogen) atoms. The third kappa shape index (κ3) is 1.72. The number of rotatable bonds is 2. The van der Waals surface area contributed by atoms with Crippen LogP contribution in [0.4, 0.5) is 5.69 Å². The number of pyridine rings is 1. The van der Waals surface area contributed by atoms with Gasteiger partial charge in [0.1, 0.15) is 5.52 Å². The van der Waals surface area contributed by atoms with Crippen molar-refractivity contribution in [3.05, 3.63) is 42.2 Å². The zero-order valence-electron chi connectivity index (χ0n) is 10.1. The first-order valence-corrected chi connectivity index (χ1v) is 5.87. The van der Waals surface area contributed by atoms with E-state index in [1.165, 1.54) is 0 Å². The standard InChI is InChI=1S/C14H13N3O/c1-2-9-7-11(15)13-12(8-9)17-14(18-13)10-3-5-16-6-4-10/h3-8H,2,15H2,1H3. The van der Waals surface area contributed by atoms with E-state index in [9.17, 15) is 0 Å². The van der Waals surface area contributed by atoms with Gasteiger partial charge in [-0.25, -0.2) is 4.98 Å². The van der Waals surface area contributed by atoms with Crippen molar-refractivity contribution in [3.8, 4) is 11.5 Å². The predicted molar refractivity (Wildman–Crippen MR) is 71.0 cm³/mol. The van der Waals surface area contributed by atoms with E-state index >= 15 is 0 Å². The maximum Gasteiger partial charge on any atom is 0.227 e. The molecule has 4 heteroatoms. The van der Waals surface area contributed by atoms with Crippen molar-refractivity contribution in [1.82, 2.24) is 9.97 Å². The first-order valence-electron chi connectivity index (χ1n) is 5.87. The van der Waals surface area contributed by atoms with E-state index in [4.69, 9.17) is 10.2 Å². The Kier molecular flexibility index (Phi) is 2.48. The number of nitrogens with two attached hydrogens (primary N) is 1. The first kappa shape index (κ1) is 10.8. The summed E-state index contributed by atoms with van der Waals surface area (Å²) in [6.45, 7) is 2.09. The summed E-state index contributed by atoms with van der Waals surface area (Å²) in [7, 11) is 0. The Balaban J connectivity index is 2.20. The Morgan fingerprint density at radius 3 is 2.72 bits per heavy atom. The Morgan fingerprint density at radius 1 is 1.22 bits per heavy atom. The molecule has 3 rings (SSSR count). The average molecular weight is 239 g/mol. The lowest BCUT2D eigenvalue weighted by atomic mass is 10.1. The Labute approximate surface area is 104 Å². The van der Waals surface area contributed by atoms with Crippen molar-refractivity contribution >= 4 is 16.8 Å². The number of hydrogen-bond donors (Lipinski definition) is 1. The molecule has 0 aliphatic rings. The molecule has 2 N–H and O–H groups in total. The minimum absolute atomic E-state index is 0.576. The molecule has 0 amide bonds. The Hall–Kier alpha value is -2.36. The average Bonchev–Trinajstić information content (AvgIpc) is 2.84. The van der Waals surface area contributed by atoms with Crippen molar-refractivity contribution in [3.63, 3.8) is 0 Å². The van der Waals surface area contributed by atoms with Crippen molar-refractivity contribution < 1.29 is 4.42 Å². The molecule has 2 heterocycles. The van der Waals surface area contributed by atoms with Gasteiger partial charge in [-0.1, -0.05) is 6.92 Å². The molecule has 0 fully saturated rings. The highest BCUT2D eigenvalue weighted by molar-refractivity contribution is 5.87. The van der Waals surface area contributed by atoms with Crippen LogP contribution in [0, 0.1) is 0 Å². The fourth-order valence-corrected chi connectivity index (χ4v) is 1.94. The van der Waals surface area contributed by atoms with Crippen molar-refractivity contribution in [1.29, 1.82) is 0 Å². The second kappa shape index (κ2) is 4.14. The van der Waals surface area contributed by atoms with Gasteiger partial charge in [-0.3, -0.25) is 4.98 Å². The number of aryl methyl sites for hydroxylation is 1. The van der Waals surface area contributed by atoms with E-state index in [1.54, 1.807) is 12.4 Å². The Bertz CT molecular complexity index is 689. The van der Waals surface area contributed by atoms with Crippen LogP contribution in [0.25, 0.3) is 22.6 Å². The van der Waals surface area contributed by atoms with Gasteiger partial charge < -0.3 is 10.2 Å². The van der Waals surface area contributed by atoms with Gasteiger partial charge in [0.2, 0.25) is 5.89 Å². The number of nitrogen functional groups attached to an aromatic ring is 1. The SMILES string of the molecule is CCc1cc(N)c2oc(-c3ccncc3)nc2c1. The molecule has 0 saturated carbocycles. The van der Waals surface area contributed by atoms with Gasteiger partial charge in [0, 0.05) is 18.0 Å². The number of benzene rings is 1. The summed E-state index contributed by atoms with van der Waals surface area (Å²) in [5.41, 5.74) is 10.1. The third-order valence-electron chi connectivity index (χ3n) is 2.91. The van der Waals surface area contributed by atoms with Crippen LogP contribution in [-0.2, 0) is 6.42 Å². The van der Waals surface area contributed by atoms with Crippen LogP contribution in [0.5, 0.6) is 0 Å². The van der Waals surface area contributed by atoms with Crippen LogP contribution in [0.15, 0.2) is 41.1 Å². The summed E-state index contributed by atoms with van der Waals surface area (Å²) in [5, 5.41) is 0. The number of hydrogen-bond acceptors (Lipinski definition) is 4. The highest BCUT2D eigenvalue weighted by atomic mass is 16.3. The molecule has 0 aliphatic carbocycles. The smallest absolute Gasteiger partial charge is 0.227 e. The van der Waals surface area contributed by atoms with Crippen LogP contribution >= 0.6 is 0 Å². The highest BCUT2D eigenvalue weighted by Gasteiger charge is 2.11. The predicted octanol–water partition coefficient (Wildman–Crippen LogP) is 3.03. The summed E-state index contributed by atoms with van der Waals surface area (Å²) in [5.74, 6) is 0.576.